The SMILES string of the molecule is CCNC(C)=CC(=O)c1ccc2ccccc2c1O. The number of hydrogen-bond acceptors (Lipinski definition) is 3. The number of benzene rings is 2. The lowest BCUT2D eigenvalue weighted by molar-refractivity contribution is 0.104. The summed E-state index contributed by atoms with van der Waals surface area (Å²) in [5, 5.41) is 14.9. The van der Waals surface area contributed by atoms with Gasteiger partial charge in [-0.3, -0.25) is 4.79 Å². The van der Waals surface area contributed by atoms with Crippen LogP contribution in [0.4, 0.5) is 0 Å². The monoisotopic (exact) mass is 255 g/mol. The minimum atomic E-state index is -0.193. The highest BCUT2D eigenvalue weighted by molar-refractivity contribution is 6.10. The van der Waals surface area contributed by atoms with Crippen LogP contribution in [0.15, 0.2) is 48.2 Å². The average molecular weight is 255 g/mol. The largest absolute Gasteiger partial charge is 0.507 e. The summed E-state index contributed by atoms with van der Waals surface area (Å²) in [5.41, 5.74) is 1.12. The third-order valence-electron chi connectivity index (χ3n) is 2.97. The van der Waals surface area contributed by atoms with Crippen LogP contribution in [0, 0.1) is 0 Å². The number of allylic oxidation sites excluding steroid dienone is 2. The van der Waals surface area contributed by atoms with Crippen molar-refractivity contribution < 1.29 is 9.90 Å². The van der Waals surface area contributed by atoms with Gasteiger partial charge in [-0.05, 0) is 25.3 Å². The summed E-state index contributed by atoms with van der Waals surface area (Å²) in [6, 6.07) is 11.0. The fraction of sp³-hybridized carbons (Fsp3) is 0.188. The highest BCUT2D eigenvalue weighted by Crippen LogP contribution is 2.29. The third kappa shape index (κ3) is 2.76. The molecule has 0 bridgehead atoms. The first-order valence-corrected chi connectivity index (χ1v) is 6.30. The summed E-state index contributed by atoms with van der Waals surface area (Å²) >= 11 is 0. The van der Waals surface area contributed by atoms with Crippen LogP contribution < -0.4 is 5.32 Å². The third-order valence-corrected chi connectivity index (χ3v) is 2.97. The van der Waals surface area contributed by atoms with Crippen LogP contribution in [0.3, 0.4) is 0 Å². The van der Waals surface area contributed by atoms with E-state index in [2.05, 4.69) is 5.32 Å². The Morgan fingerprint density at radius 2 is 2.00 bits per heavy atom. The molecule has 3 nitrogen and oxygen atoms in total. The van der Waals surface area contributed by atoms with Crippen LogP contribution in [-0.2, 0) is 0 Å². The van der Waals surface area contributed by atoms with Gasteiger partial charge in [-0.2, -0.15) is 0 Å². The first-order valence-electron chi connectivity index (χ1n) is 6.30. The first-order chi connectivity index (χ1) is 9.13. The van der Waals surface area contributed by atoms with Gasteiger partial charge in [-0.15, -0.1) is 0 Å². The Kier molecular flexibility index (Phi) is 3.85. The van der Waals surface area contributed by atoms with E-state index >= 15 is 0 Å². The van der Waals surface area contributed by atoms with E-state index in [4.69, 9.17) is 0 Å². The molecule has 0 amide bonds. The van der Waals surface area contributed by atoms with Gasteiger partial charge in [-0.25, -0.2) is 0 Å². The highest BCUT2D eigenvalue weighted by Gasteiger charge is 2.11. The quantitative estimate of drug-likeness (QED) is 0.651. The lowest BCUT2D eigenvalue weighted by Crippen LogP contribution is -2.11. The highest BCUT2D eigenvalue weighted by atomic mass is 16.3. The number of nitrogens with one attached hydrogen (secondary N) is 1. The van der Waals surface area contributed by atoms with E-state index in [1.165, 1.54) is 6.08 Å². The molecule has 2 N–H and O–H groups in total. The maximum atomic E-state index is 12.1. The molecule has 0 fully saturated rings. The number of phenols is 1. The number of carbonyl (C=O) groups excluding carboxylic acids is 1. The number of hydrogen-bond donors (Lipinski definition) is 2. The maximum absolute atomic E-state index is 12.1. The van der Waals surface area contributed by atoms with Gasteiger partial charge in [0.05, 0.1) is 5.56 Å². The van der Waals surface area contributed by atoms with Crippen molar-refractivity contribution in [1.82, 2.24) is 5.32 Å². The van der Waals surface area contributed by atoms with Crippen LogP contribution in [0.2, 0.25) is 0 Å². The average Bonchev–Trinajstić information content (AvgIpc) is 2.39. The van der Waals surface area contributed by atoms with Crippen molar-refractivity contribution in [3.05, 3.63) is 53.7 Å². The second kappa shape index (κ2) is 5.57. The van der Waals surface area contributed by atoms with Crippen molar-refractivity contribution in [2.24, 2.45) is 0 Å². The molecule has 0 aliphatic heterocycles. The number of carbonyl (C=O) groups is 1. The molecule has 0 heterocycles. The molecule has 2 aromatic carbocycles. The van der Waals surface area contributed by atoms with Crippen LogP contribution in [0.5, 0.6) is 5.75 Å². The Morgan fingerprint density at radius 1 is 1.26 bits per heavy atom. The second-order valence-electron chi connectivity index (χ2n) is 4.40. The van der Waals surface area contributed by atoms with Gasteiger partial charge in [-0.1, -0.05) is 30.3 Å². The molecular weight excluding hydrogens is 238 g/mol. The van der Waals surface area contributed by atoms with Crippen molar-refractivity contribution in [3.8, 4) is 5.75 Å². The topological polar surface area (TPSA) is 49.3 Å². The van der Waals surface area contributed by atoms with Crippen molar-refractivity contribution >= 4 is 16.6 Å². The predicted octanol–water partition coefficient (Wildman–Crippen LogP) is 3.24. The smallest absolute Gasteiger partial charge is 0.191 e. The van der Waals surface area contributed by atoms with Gasteiger partial charge < -0.3 is 10.4 Å². The Bertz CT molecular complexity index is 644. The lowest BCUT2D eigenvalue weighted by atomic mass is 10.0. The molecule has 2 rings (SSSR count). The summed E-state index contributed by atoms with van der Waals surface area (Å²) in [6.45, 7) is 4.56. The van der Waals surface area contributed by atoms with Crippen molar-refractivity contribution in [2.75, 3.05) is 6.54 Å². The number of rotatable bonds is 4. The van der Waals surface area contributed by atoms with E-state index in [9.17, 15) is 9.90 Å². The Balaban J connectivity index is 2.43. The molecule has 0 atom stereocenters. The summed E-state index contributed by atoms with van der Waals surface area (Å²) in [4.78, 5) is 12.1. The Labute approximate surface area is 112 Å². The molecule has 0 unspecified atom stereocenters. The number of fused-ring (bicyclic) bond motifs is 1. The van der Waals surface area contributed by atoms with Gasteiger partial charge >= 0.3 is 0 Å². The Morgan fingerprint density at radius 3 is 2.74 bits per heavy atom. The van der Waals surface area contributed by atoms with E-state index in [-0.39, 0.29) is 11.5 Å². The zero-order valence-electron chi connectivity index (χ0n) is 11.1. The molecule has 0 radical (unpaired) electrons. The summed E-state index contributed by atoms with van der Waals surface area (Å²) < 4.78 is 0. The lowest BCUT2D eigenvalue weighted by Gasteiger charge is -2.06. The second-order valence-corrected chi connectivity index (χ2v) is 4.40. The fourth-order valence-electron chi connectivity index (χ4n) is 2.06. The van der Waals surface area contributed by atoms with E-state index in [1.807, 2.05) is 44.2 Å². The van der Waals surface area contributed by atoms with Gasteiger partial charge in [0.2, 0.25) is 0 Å². The molecule has 19 heavy (non-hydrogen) atoms. The Hall–Kier alpha value is -2.29. The molecule has 0 saturated heterocycles. The molecule has 2 aromatic rings. The van der Waals surface area contributed by atoms with Crippen molar-refractivity contribution in [2.45, 2.75) is 13.8 Å². The zero-order valence-corrected chi connectivity index (χ0v) is 11.1. The summed E-state index contributed by atoms with van der Waals surface area (Å²) in [7, 11) is 0. The van der Waals surface area contributed by atoms with Crippen LogP contribution in [0.1, 0.15) is 24.2 Å². The van der Waals surface area contributed by atoms with E-state index in [0.717, 1.165) is 17.6 Å². The minimum absolute atomic E-state index is 0.0450. The van der Waals surface area contributed by atoms with Crippen LogP contribution >= 0.6 is 0 Å². The molecule has 3 heteroatoms. The molecule has 0 saturated carbocycles. The van der Waals surface area contributed by atoms with Gasteiger partial charge in [0.1, 0.15) is 5.75 Å². The molecule has 0 spiro atoms. The molecular formula is C16H17NO2. The van der Waals surface area contributed by atoms with Gasteiger partial charge in [0.15, 0.2) is 5.78 Å². The van der Waals surface area contributed by atoms with Gasteiger partial charge in [0, 0.05) is 23.7 Å². The van der Waals surface area contributed by atoms with Crippen LogP contribution in [0.25, 0.3) is 10.8 Å². The van der Waals surface area contributed by atoms with E-state index < -0.39 is 0 Å². The van der Waals surface area contributed by atoms with Gasteiger partial charge in [0.25, 0.3) is 0 Å². The number of phenolic OH excluding ortho intramolecular Hbond substituents is 1. The normalized spacial score (nSPS) is 11.6. The minimum Gasteiger partial charge on any atom is -0.507 e. The number of aromatic hydroxyl groups is 1. The maximum Gasteiger partial charge on any atom is 0.191 e. The van der Waals surface area contributed by atoms with Crippen LogP contribution in [-0.4, -0.2) is 17.4 Å². The zero-order chi connectivity index (χ0) is 13.8. The van der Waals surface area contributed by atoms with Crippen molar-refractivity contribution in [3.63, 3.8) is 0 Å². The predicted molar refractivity (Wildman–Crippen MR) is 77.4 cm³/mol. The van der Waals surface area contributed by atoms with Crippen molar-refractivity contribution in [1.29, 1.82) is 0 Å². The first kappa shape index (κ1) is 13.1. The summed E-state index contributed by atoms with van der Waals surface area (Å²) in [6.07, 6.45) is 1.51. The standard InChI is InChI=1S/C16H17NO2/c1-3-17-11(2)10-15(18)14-9-8-12-6-4-5-7-13(12)16(14)19/h4-10,17,19H,3H2,1-2H3. The molecule has 0 aliphatic carbocycles. The summed E-state index contributed by atoms with van der Waals surface area (Å²) in [5.74, 6) is -0.148. The fourth-order valence-corrected chi connectivity index (χ4v) is 2.06. The number of ketones is 1. The van der Waals surface area contributed by atoms with E-state index in [1.54, 1.807) is 6.07 Å². The van der Waals surface area contributed by atoms with E-state index in [0.29, 0.717) is 10.9 Å². The molecule has 98 valence electrons. The molecule has 0 aromatic heterocycles. The molecule has 0 aliphatic rings.